The van der Waals surface area contributed by atoms with Crippen molar-refractivity contribution in [1.29, 1.82) is 0 Å². The first-order valence-electron chi connectivity index (χ1n) is 18.7. The Balaban J connectivity index is 1.05. The van der Waals surface area contributed by atoms with E-state index in [0.29, 0.717) is 0 Å². The van der Waals surface area contributed by atoms with Gasteiger partial charge >= 0.3 is 0 Å². The summed E-state index contributed by atoms with van der Waals surface area (Å²) in [5, 5.41) is 7.58. The molecular weight excluding hydrogens is 653 g/mol. The molecule has 0 bridgehead atoms. The number of hydrogen-bond acceptors (Lipinski definition) is 0. The Labute approximate surface area is 312 Å². The molecule has 0 fully saturated rings. The lowest BCUT2D eigenvalue weighted by Crippen LogP contribution is -1.95. The molecule has 1 aliphatic heterocycles. The van der Waals surface area contributed by atoms with Crippen molar-refractivity contribution in [2.75, 3.05) is 0 Å². The first kappa shape index (κ1) is 29.4. The van der Waals surface area contributed by atoms with Gasteiger partial charge in [-0.2, -0.15) is 0 Å². The van der Waals surface area contributed by atoms with Gasteiger partial charge in [0.2, 0.25) is 0 Å². The number of benzene rings is 9. The van der Waals surface area contributed by atoms with E-state index in [1.807, 2.05) is 0 Å². The molecule has 0 amide bonds. The van der Waals surface area contributed by atoms with E-state index in [1.54, 1.807) is 0 Å². The molecule has 0 saturated heterocycles. The third-order valence-electron chi connectivity index (χ3n) is 11.6. The van der Waals surface area contributed by atoms with E-state index in [-0.39, 0.29) is 0 Å². The lowest BCUT2D eigenvalue weighted by Gasteiger charge is -2.13. The zero-order chi connectivity index (χ0) is 35.3. The number of para-hydroxylation sites is 3. The zero-order valence-corrected chi connectivity index (χ0v) is 29.4. The second kappa shape index (κ2) is 11.2. The van der Waals surface area contributed by atoms with Crippen molar-refractivity contribution in [2.45, 2.75) is 0 Å². The van der Waals surface area contributed by atoms with Crippen LogP contribution in [-0.2, 0) is 0 Å². The summed E-state index contributed by atoms with van der Waals surface area (Å²) in [5.41, 5.74) is 17.3. The van der Waals surface area contributed by atoms with E-state index in [0.717, 1.165) is 5.69 Å². The maximum atomic E-state index is 2.50. The molecular formula is C52H32N2. The van der Waals surface area contributed by atoms with Crippen LogP contribution in [0.4, 0.5) is 0 Å². The van der Waals surface area contributed by atoms with E-state index in [9.17, 15) is 0 Å². The van der Waals surface area contributed by atoms with Crippen molar-refractivity contribution in [2.24, 2.45) is 0 Å². The van der Waals surface area contributed by atoms with E-state index in [4.69, 9.17) is 0 Å². The topological polar surface area (TPSA) is 9.86 Å². The second-order valence-corrected chi connectivity index (χ2v) is 14.5. The quantitative estimate of drug-likeness (QED) is 0.175. The maximum absolute atomic E-state index is 2.50. The average Bonchev–Trinajstić information content (AvgIpc) is 3.72. The van der Waals surface area contributed by atoms with Gasteiger partial charge in [-0.05, 0) is 105 Å². The van der Waals surface area contributed by atoms with Crippen LogP contribution in [0.2, 0.25) is 0 Å². The molecule has 0 unspecified atom stereocenters. The molecule has 2 nitrogen and oxygen atoms in total. The molecule has 0 atom stereocenters. The van der Waals surface area contributed by atoms with Crippen molar-refractivity contribution < 1.29 is 0 Å². The largest absolute Gasteiger partial charge is 0.309 e. The van der Waals surface area contributed by atoms with Gasteiger partial charge in [0.1, 0.15) is 0 Å². The second-order valence-electron chi connectivity index (χ2n) is 14.5. The fourth-order valence-corrected chi connectivity index (χ4v) is 9.16. The Morgan fingerprint density at radius 3 is 1.59 bits per heavy atom. The van der Waals surface area contributed by atoms with Crippen LogP contribution in [0.5, 0.6) is 0 Å². The van der Waals surface area contributed by atoms with Gasteiger partial charge < -0.3 is 9.13 Å². The Hall–Kier alpha value is -7.16. The van der Waals surface area contributed by atoms with E-state index >= 15 is 0 Å². The highest BCUT2D eigenvalue weighted by atomic mass is 15.0. The fraction of sp³-hybridized carbons (Fsp3) is 0. The molecule has 0 saturated carbocycles. The van der Waals surface area contributed by atoms with Crippen molar-refractivity contribution in [3.8, 4) is 55.9 Å². The average molecular weight is 685 g/mol. The summed E-state index contributed by atoms with van der Waals surface area (Å²) in [4.78, 5) is 0. The molecule has 54 heavy (non-hydrogen) atoms. The van der Waals surface area contributed by atoms with Crippen LogP contribution in [0.15, 0.2) is 194 Å². The smallest absolute Gasteiger partial charge is 0.0619 e. The van der Waals surface area contributed by atoms with E-state index in [2.05, 4.69) is 203 Å². The number of rotatable bonds is 3. The van der Waals surface area contributed by atoms with Crippen LogP contribution >= 0.6 is 0 Å². The minimum absolute atomic E-state index is 1.16. The van der Waals surface area contributed by atoms with Gasteiger partial charge in [0, 0.05) is 38.4 Å². The number of hydrogen-bond donors (Lipinski definition) is 0. The van der Waals surface area contributed by atoms with Crippen LogP contribution < -0.4 is 0 Å². The molecule has 11 aromatic rings. The zero-order valence-electron chi connectivity index (χ0n) is 29.4. The predicted molar refractivity (Wildman–Crippen MR) is 228 cm³/mol. The third-order valence-corrected chi connectivity index (χ3v) is 11.6. The Bertz CT molecular complexity index is 3310. The first-order valence-corrected chi connectivity index (χ1v) is 18.7. The van der Waals surface area contributed by atoms with Gasteiger partial charge in [0.25, 0.3) is 0 Å². The first-order chi connectivity index (χ1) is 26.8. The van der Waals surface area contributed by atoms with Crippen molar-refractivity contribution >= 4 is 54.4 Å². The molecule has 250 valence electrons. The summed E-state index contributed by atoms with van der Waals surface area (Å²) in [6.07, 6.45) is 0. The summed E-state index contributed by atoms with van der Waals surface area (Å²) in [7, 11) is 0. The molecule has 3 heterocycles. The fourth-order valence-electron chi connectivity index (χ4n) is 9.16. The molecule has 0 radical (unpaired) electrons. The minimum atomic E-state index is 1.16. The number of nitrogens with zero attached hydrogens (tertiary/aromatic N) is 2. The van der Waals surface area contributed by atoms with E-state index in [1.165, 1.54) is 105 Å². The highest BCUT2D eigenvalue weighted by Crippen LogP contribution is 2.48. The lowest BCUT2D eigenvalue weighted by atomic mass is 9.91. The van der Waals surface area contributed by atoms with Gasteiger partial charge in [-0.15, -0.1) is 0 Å². The van der Waals surface area contributed by atoms with E-state index < -0.39 is 0 Å². The molecule has 2 heteroatoms. The van der Waals surface area contributed by atoms with Gasteiger partial charge in [-0.1, -0.05) is 133 Å². The van der Waals surface area contributed by atoms with Crippen LogP contribution in [0.25, 0.3) is 110 Å². The standard InChI is InChI=1S/C52H32N2/c1-2-11-33(12-3-1)34-21-25-39(26-22-34)53-48-19-8-7-16-41(48)46-31-37(23-27-50(46)53)38-24-28-51-47(32-38)43-18-10-17-42-45-30-36-14-5-4-13-35(36)29-44(45)40-15-6-9-20-49(40)54(51)52(42)43/h1-32H. The predicted octanol–water partition coefficient (Wildman–Crippen LogP) is 14.0. The summed E-state index contributed by atoms with van der Waals surface area (Å²) < 4.78 is 4.90. The van der Waals surface area contributed by atoms with Crippen LogP contribution in [-0.4, -0.2) is 9.13 Å². The minimum Gasteiger partial charge on any atom is -0.309 e. The van der Waals surface area contributed by atoms with Gasteiger partial charge in [0.05, 0.1) is 27.8 Å². The highest BCUT2D eigenvalue weighted by Gasteiger charge is 2.25. The summed E-state index contributed by atoms with van der Waals surface area (Å²) in [6.45, 7) is 0. The Morgan fingerprint density at radius 2 is 0.815 bits per heavy atom. The molecule has 0 aliphatic carbocycles. The molecule has 0 N–H and O–H groups in total. The Morgan fingerprint density at radius 1 is 0.278 bits per heavy atom. The van der Waals surface area contributed by atoms with Gasteiger partial charge in [-0.25, -0.2) is 0 Å². The molecule has 12 rings (SSSR count). The van der Waals surface area contributed by atoms with Gasteiger partial charge in [-0.3, -0.25) is 0 Å². The summed E-state index contributed by atoms with van der Waals surface area (Å²) in [5.74, 6) is 0. The molecule has 2 aromatic heterocycles. The molecule has 0 spiro atoms. The van der Waals surface area contributed by atoms with Gasteiger partial charge in [0.15, 0.2) is 0 Å². The van der Waals surface area contributed by atoms with Crippen LogP contribution in [0.1, 0.15) is 0 Å². The molecule has 9 aromatic carbocycles. The number of aromatic nitrogens is 2. The molecule has 1 aliphatic rings. The lowest BCUT2D eigenvalue weighted by molar-refractivity contribution is 1.18. The summed E-state index contributed by atoms with van der Waals surface area (Å²) >= 11 is 0. The van der Waals surface area contributed by atoms with Crippen LogP contribution in [0, 0.1) is 0 Å². The number of fused-ring (bicyclic) bond motifs is 12. The van der Waals surface area contributed by atoms with Crippen molar-refractivity contribution in [3.05, 3.63) is 194 Å². The van der Waals surface area contributed by atoms with Crippen molar-refractivity contribution in [3.63, 3.8) is 0 Å². The highest BCUT2D eigenvalue weighted by molar-refractivity contribution is 6.18. The SMILES string of the molecule is c1ccc(-c2ccc(-n3c4ccccc4c4cc(-c5ccc6c(c5)c5cccc7c5n6-c5ccccc5-c5cc6ccccc6cc5-7)ccc43)cc2)cc1. The van der Waals surface area contributed by atoms with Crippen molar-refractivity contribution in [1.82, 2.24) is 9.13 Å². The van der Waals surface area contributed by atoms with Crippen LogP contribution in [0.3, 0.4) is 0 Å². The maximum Gasteiger partial charge on any atom is 0.0619 e. The Kier molecular flexibility index (Phi) is 6.09. The summed E-state index contributed by atoms with van der Waals surface area (Å²) in [6, 6.07) is 71.6. The monoisotopic (exact) mass is 684 g/mol. The normalized spacial score (nSPS) is 12.1. The third kappa shape index (κ3) is 4.17.